The molecule has 0 unspecified atom stereocenters. The van der Waals surface area contributed by atoms with Crippen molar-refractivity contribution >= 4 is 11.9 Å². The van der Waals surface area contributed by atoms with Crippen LogP contribution < -0.4 is 4.74 Å². The molecule has 4 heteroatoms. The molecule has 0 saturated carbocycles. The molecule has 2 aromatic carbocycles. The molecule has 0 spiro atoms. The quantitative estimate of drug-likeness (QED) is 0.480. The average molecular weight is 296 g/mol. The zero-order valence-corrected chi connectivity index (χ0v) is 12.2. The first-order valence-electron chi connectivity index (χ1n) is 6.86. The Morgan fingerprint density at radius 2 is 1.55 bits per heavy atom. The Bertz CT molecular complexity index is 669. The molecule has 0 saturated heterocycles. The third kappa shape index (κ3) is 3.82. The normalized spacial score (nSPS) is 9.86. The second-order valence-corrected chi connectivity index (χ2v) is 4.45. The molecule has 112 valence electrons. The third-order valence-electron chi connectivity index (χ3n) is 2.97. The van der Waals surface area contributed by atoms with Crippen LogP contribution in [0.25, 0.3) is 11.1 Å². The van der Waals surface area contributed by atoms with Gasteiger partial charge < -0.3 is 9.47 Å². The molecular weight excluding hydrogens is 280 g/mol. The summed E-state index contributed by atoms with van der Waals surface area (Å²) in [5, 5.41) is 0. The summed E-state index contributed by atoms with van der Waals surface area (Å²) in [6.07, 6.45) is 1.11. The first-order valence-corrected chi connectivity index (χ1v) is 6.86. The zero-order chi connectivity index (χ0) is 15.9. The van der Waals surface area contributed by atoms with Gasteiger partial charge in [0, 0.05) is 6.08 Å². The Morgan fingerprint density at radius 1 is 1.00 bits per heavy atom. The highest BCUT2D eigenvalue weighted by Gasteiger charge is 2.06. The molecule has 22 heavy (non-hydrogen) atoms. The lowest BCUT2D eigenvalue weighted by Gasteiger charge is -2.06. The molecule has 0 fully saturated rings. The standard InChI is InChI=1S/C18H16O4/c1-3-17(19)22-16-11-9-14(10-12-16)13-5-7-15(8-6-13)18(20)21-4-2/h3,5-12H,1,4H2,2H3. The van der Waals surface area contributed by atoms with Crippen LogP contribution in [0.2, 0.25) is 0 Å². The first kappa shape index (κ1) is 15.5. The number of hydrogen-bond acceptors (Lipinski definition) is 4. The fourth-order valence-corrected chi connectivity index (χ4v) is 1.89. The monoisotopic (exact) mass is 296 g/mol. The van der Waals surface area contributed by atoms with Gasteiger partial charge in [0.15, 0.2) is 0 Å². The summed E-state index contributed by atoms with van der Waals surface area (Å²) >= 11 is 0. The van der Waals surface area contributed by atoms with E-state index in [9.17, 15) is 9.59 Å². The van der Waals surface area contributed by atoms with Crippen molar-refractivity contribution in [1.29, 1.82) is 0 Å². The third-order valence-corrected chi connectivity index (χ3v) is 2.97. The van der Waals surface area contributed by atoms with Crippen molar-refractivity contribution < 1.29 is 19.1 Å². The van der Waals surface area contributed by atoms with Crippen molar-refractivity contribution in [1.82, 2.24) is 0 Å². The topological polar surface area (TPSA) is 52.6 Å². The minimum absolute atomic E-state index is 0.333. The van der Waals surface area contributed by atoms with Crippen molar-refractivity contribution in [2.45, 2.75) is 6.92 Å². The number of rotatable bonds is 5. The van der Waals surface area contributed by atoms with Crippen LogP contribution in [0.1, 0.15) is 17.3 Å². The molecule has 0 atom stereocenters. The largest absolute Gasteiger partial charge is 0.462 e. The lowest BCUT2D eigenvalue weighted by molar-refractivity contribution is -0.128. The van der Waals surface area contributed by atoms with E-state index in [-0.39, 0.29) is 5.97 Å². The molecule has 0 amide bonds. The summed E-state index contributed by atoms with van der Waals surface area (Å²) in [4.78, 5) is 22.7. The predicted octanol–water partition coefficient (Wildman–Crippen LogP) is 3.62. The van der Waals surface area contributed by atoms with Gasteiger partial charge in [-0.2, -0.15) is 0 Å². The van der Waals surface area contributed by atoms with Gasteiger partial charge in [-0.3, -0.25) is 0 Å². The summed E-state index contributed by atoms with van der Waals surface area (Å²) in [5.41, 5.74) is 2.42. The molecule has 4 nitrogen and oxygen atoms in total. The van der Waals surface area contributed by atoms with Gasteiger partial charge in [0.1, 0.15) is 5.75 Å². The summed E-state index contributed by atoms with van der Waals surface area (Å²) < 4.78 is 9.96. The lowest BCUT2D eigenvalue weighted by Crippen LogP contribution is -2.04. The van der Waals surface area contributed by atoms with E-state index in [0.29, 0.717) is 17.9 Å². The SMILES string of the molecule is C=CC(=O)Oc1ccc(-c2ccc(C(=O)OCC)cc2)cc1. The van der Waals surface area contributed by atoms with E-state index in [0.717, 1.165) is 17.2 Å². The van der Waals surface area contributed by atoms with E-state index in [1.807, 2.05) is 24.3 Å². The summed E-state index contributed by atoms with van der Waals surface area (Å²) in [7, 11) is 0. The first-order chi connectivity index (χ1) is 10.6. The number of ether oxygens (including phenoxy) is 2. The Balaban J connectivity index is 2.13. The highest BCUT2D eigenvalue weighted by Crippen LogP contribution is 2.23. The number of benzene rings is 2. The average Bonchev–Trinajstić information content (AvgIpc) is 2.56. The van der Waals surface area contributed by atoms with Crippen molar-refractivity contribution in [2.24, 2.45) is 0 Å². The van der Waals surface area contributed by atoms with Gasteiger partial charge in [0.2, 0.25) is 0 Å². The lowest BCUT2D eigenvalue weighted by atomic mass is 10.0. The van der Waals surface area contributed by atoms with Crippen LogP contribution >= 0.6 is 0 Å². The van der Waals surface area contributed by atoms with Gasteiger partial charge in [-0.1, -0.05) is 30.8 Å². The van der Waals surface area contributed by atoms with Crippen LogP contribution in [0.3, 0.4) is 0 Å². The zero-order valence-electron chi connectivity index (χ0n) is 12.2. The Morgan fingerprint density at radius 3 is 2.05 bits per heavy atom. The molecular formula is C18H16O4. The predicted molar refractivity (Wildman–Crippen MR) is 83.7 cm³/mol. The smallest absolute Gasteiger partial charge is 0.338 e. The van der Waals surface area contributed by atoms with Gasteiger partial charge in [-0.25, -0.2) is 9.59 Å². The van der Waals surface area contributed by atoms with E-state index in [1.54, 1.807) is 31.2 Å². The van der Waals surface area contributed by atoms with E-state index >= 15 is 0 Å². The Hall–Kier alpha value is -2.88. The number of esters is 2. The van der Waals surface area contributed by atoms with Crippen molar-refractivity contribution in [3.05, 3.63) is 66.7 Å². The van der Waals surface area contributed by atoms with Gasteiger partial charge >= 0.3 is 11.9 Å². The minimum Gasteiger partial charge on any atom is -0.462 e. The summed E-state index contributed by atoms with van der Waals surface area (Å²) in [6, 6.07) is 14.2. The molecule has 0 bridgehead atoms. The van der Waals surface area contributed by atoms with E-state index in [4.69, 9.17) is 9.47 Å². The highest BCUT2D eigenvalue weighted by molar-refractivity contribution is 5.90. The summed E-state index contributed by atoms with van der Waals surface area (Å²) in [5.74, 6) is -0.371. The molecule has 2 rings (SSSR count). The van der Waals surface area contributed by atoms with Gasteiger partial charge in [-0.15, -0.1) is 0 Å². The maximum Gasteiger partial charge on any atom is 0.338 e. The van der Waals surface area contributed by atoms with Crippen LogP contribution in [-0.4, -0.2) is 18.5 Å². The summed E-state index contributed by atoms with van der Waals surface area (Å²) in [6.45, 7) is 5.47. The number of hydrogen-bond donors (Lipinski definition) is 0. The second kappa shape index (κ2) is 7.22. The fourth-order valence-electron chi connectivity index (χ4n) is 1.89. The second-order valence-electron chi connectivity index (χ2n) is 4.45. The minimum atomic E-state index is -0.494. The van der Waals surface area contributed by atoms with Crippen LogP contribution in [0.4, 0.5) is 0 Å². The maximum absolute atomic E-state index is 11.6. The number of carbonyl (C=O) groups is 2. The van der Waals surface area contributed by atoms with Gasteiger partial charge in [0.05, 0.1) is 12.2 Å². The van der Waals surface area contributed by atoms with Crippen molar-refractivity contribution in [2.75, 3.05) is 6.61 Å². The molecule has 2 aromatic rings. The Kier molecular flexibility index (Phi) is 5.09. The van der Waals surface area contributed by atoms with Crippen molar-refractivity contribution in [3.63, 3.8) is 0 Å². The molecule has 0 aliphatic rings. The van der Waals surface area contributed by atoms with Gasteiger partial charge in [0.25, 0.3) is 0 Å². The van der Waals surface area contributed by atoms with E-state index < -0.39 is 5.97 Å². The number of carbonyl (C=O) groups excluding carboxylic acids is 2. The van der Waals surface area contributed by atoms with Crippen LogP contribution in [0.15, 0.2) is 61.2 Å². The molecule has 0 aromatic heterocycles. The van der Waals surface area contributed by atoms with Crippen LogP contribution in [-0.2, 0) is 9.53 Å². The molecule has 0 N–H and O–H groups in total. The van der Waals surface area contributed by atoms with E-state index in [1.165, 1.54) is 0 Å². The molecule has 0 radical (unpaired) electrons. The molecule has 0 aliphatic carbocycles. The fraction of sp³-hybridized carbons (Fsp3) is 0.111. The Labute approximate surface area is 129 Å². The van der Waals surface area contributed by atoms with Crippen molar-refractivity contribution in [3.8, 4) is 16.9 Å². The molecule has 0 aliphatic heterocycles. The van der Waals surface area contributed by atoms with Crippen LogP contribution in [0, 0.1) is 0 Å². The van der Waals surface area contributed by atoms with Gasteiger partial charge in [-0.05, 0) is 42.3 Å². The highest BCUT2D eigenvalue weighted by atomic mass is 16.5. The maximum atomic E-state index is 11.6. The van der Waals surface area contributed by atoms with E-state index in [2.05, 4.69) is 6.58 Å². The van der Waals surface area contributed by atoms with Crippen LogP contribution in [0.5, 0.6) is 5.75 Å². The molecule has 0 heterocycles.